The molecule has 0 spiro atoms. The lowest BCUT2D eigenvalue weighted by Crippen LogP contribution is -2.29. The fourth-order valence-corrected chi connectivity index (χ4v) is 1.11. The molecular weight excluding hydrogens is 222 g/mol. The molecule has 0 atom stereocenters. The van der Waals surface area contributed by atoms with Gasteiger partial charge in [-0.1, -0.05) is 0 Å². The fraction of sp³-hybridized carbons (Fsp3) is 0.375. The third-order valence-electron chi connectivity index (χ3n) is 1.25. The Kier molecular flexibility index (Phi) is 2.92. The topological polar surface area (TPSA) is 42.2 Å². The standard InChI is InChI=1S/C8H10BrNO2/c1-5(2)10-8(11)6-3-7(9)12-4-6/h3-5H,1-2H3,(H,10,11). The second-order valence-corrected chi connectivity index (χ2v) is 3.55. The summed E-state index contributed by atoms with van der Waals surface area (Å²) in [6.45, 7) is 3.82. The minimum Gasteiger partial charge on any atom is -0.457 e. The van der Waals surface area contributed by atoms with Crippen LogP contribution in [0.3, 0.4) is 0 Å². The number of rotatable bonds is 2. The van der Waals surface area contributed by atoms with Gasteiger partial charge < -0.3 is 9.73 Å². The van der Waals surface area contributed by atoms with E-state index in [1.165, 1.54) is 6.26 Å². The molecule has 0 aliphatic rings. The second kappa shape index (κ2) is 3.76. The Morgan fingerprint density at radius 3 is 2.75 bits per heavy atom. The van der Waals surface area contributed by atoms with Crippen LogP contribution in [0.1, 0.15) is 24.2 Å². The summed E-state index contributed by atoms with van der Waals surface area (Å²) in [5.74, 6) is -0.112. The van der Waals surface area contributed by atoms with Gasteiger partial charge in [0.25, 0.3) is 5.91 Å². The molecule has 0 fully saturated rings. The number of amides is 1. The number of halogens is 1. The van der Waals surface area contributed by atoms with Crippen LogP contribution in [-0.4, -0.2) is 11.9 Å². The van der Waals surface area contributed by atoms with Crippen LogP contribution in [0.4, 0.5) is 0 Å². The highest BCUT2D eigenvalue weighted by molar-refractivity contribution is 9.10. The Labute approximate surface area is 79.3 Å². The summed E-state index contributed by atoms with van der Waals surface area (Å²) < 4.78 is 5.49. The highest BCUT2D eigenvalue weighted by Crippen LogP contribution is 2.13. The van der Waals surface area contributed by atoms with E-state index in [4.69, 9.17) is 4.42 Å². The molecule has 66 valence electrons. The predicted molar refractivity (Wildman–Crippen MR) is 49.0 cm³/mol. The molecule has 4 heteroatoms. The Bertz CT molecular complexity index is 280. The number of nitrogens with one attached hydrogen (secondary N) is 1. The lowest BCUT2D eigenvalue weighted by Gasteiger charge is -2.05. The number of hydrogen-bond donors (Lipinski definition) is 1. The summed E-state index contributed by atoms with van der Waals surface area (Å²) in [7, 11) is 0. The van der Waals surface area contributed by atoms with Crippen molar-refractivity contribution < 1.29 is 9.21 Å². The van der Waals surface area contributed by atoms with Gasteiger partial charge in [0.2, 0.25) is 0 Å². The van der Waals surface area contributed by atoms with E-state index in [1.807, 2.05) is 13.8 Å². The van der Waals surface area contributed by atoms with Crippen LogP contribution in [0.25, 0.3) is 0 Å². The summed E-state index contributed by atoms with van der Waals surface area (Å²) in [5.41, 5.74) is 0.538. The monoisotopic (exact) mass is 231 g/mol. The molecule has 1 aromatic heterocycles. The Hall–Kier alpha value is -0.770. The molecule has 12 heavy (non-hydrogen) atoms. The van der Waals surface area contributed by atoms with Gasteiger partial charge in [-0.15, -0.1) is 0 Å². The first-order chi connectivity index (χ1) is 5.59. The molecule has 0 aliphatic heterocycles. The largest absolute Gasteiger partial charge is 0.457 e. The first-order valence-electron chi connectivity index (χ1n) is 3.64. The van der Waals surface area contributed by atoms with Crippen LogP contribution < -0.4 is 5.32 Å². The molecule has 0 radical (unpaired) electrons. The van der Waals surface area contributed by atoms with E-state index < -0.39 is 0 Å². The maximum Gasteiger partial charge on any atom is 0.254 e. The third kappa shape index (κ3) is 2.37. The van der Waals surface area contributed by atoms with Crippen molar-refractivity contribution in [3.8, 4) is 0 Å². The summed E-state index contributed by atoms with van der Waals surface area (Å²) in [6, 6.07) is 1.78. The molecule has 0 bridgehead atoms. The van der Waals surface area contributed by atoms with Crippen LogP contribution in [0.15, 0.2) is 21.4 Å². The summed E-state index contributed by atoms with van der Waals surface area (Å²) in [5, 5.41) is 2.75. The third-order valence-corrected chi connectivity index (χ3v) is 1.67. The van der Waals surface area contributed by atoms with Crippen LogP contribution in [0, 0.1) is 0 Å². The van der Waals surface area contributed by atoms with Crippen LogP contribution in [-0.2, 0) is 0 Å². The first-order valence-corrected chi connectivity index (χ1v) is 4.44. The van der Waals surface area contributed by atoms with Gasteiger partial charge in [0.1, 0.15) is 6.26 Å². The van der Waals surface area contributed by atoms with Crippen molar-refractivity contribution in [3.05, 3.63) is 22.6 Å². The van der Waals surface area contributed by atoms with Crippen molar-refractivity contribution in [2.45, 2.75) is 19.9 Å². The Morgan fingerprint density at radius 1 is 1.67 bits per heavy atom. The molecule has 1 N–H and O–H groups in total. The zero-order valence-electron chi connectivity index (χ0n) is 6.93. The number of hydrogen-bond acceptors (Lipinski definition) is 2. The second-order valence-electron chi connectivity index (χ2n) is 2.77. The zero-order chi connectivity index (χ0) is 9.14. The molecular formula is C8H10BrNO2. The van der Waals surface area contributed by atoms with E-state index in [9.17, 15) is 4.79 Å². The highest BCUT2D eigenvalue weighted by Gasteiger charge is 2.09. The van der Waals surface area contributed by atoms with Gasteiger partial charge in [0.15, 0.2) is 4.67 Å². The number of carbonyl (C=O) groups is 1. The molecule has 3 nitrogen and oxygen atoms in total. The number of furan rings is 1. The lowest BCUT2D eigenvalue weighted by molar-refractivity contribution is 0.0942. The molecule has 0 unspecified atom stereocenters. The predicted octanol–water partition coefficient (Wildman–Crippen LogP) is 2.18. The van der Waals surface area contributed by atoms with E-state index in [0.29, 0.717) is 10.2 Å². The first kappa shape index (κ1) is 9.32. The van der Waals surface area contributed by atoms with Gasteiger partial charge in [-0.25, -0.2) is 0 Å². The minimum atomic E-state index is -0.112. The van der Waals surface area contributed by atoms with E-state index in [2.05, 4.69) is 21.2 Å². The smallest absolute Gasteiger partial charge is 0.254 e. The number of carbonyl (C=O) groups excluding carboxylic acids is 1. The van der Waals surface area contributed by atoms with Crippen molar-refractivity contribution >= 4 is 21.8 Å². The zero-order valence-corrected chi connectivity index (χ0v) is 8.51. The Morgan fingerprint density at radius 2 is 2.33 bits per heavy atom. The maximum atomic E-state index is 11.3. The molecule has 1 rings (SSSR count). The molecule has 1 amide bonds. The van der Waals surface area contributed by atoms with Crippen molar-refractivity contribution in [1.29, 1.82) is 0 Å². The molecule has 1 aromatic rings. The van der Waals surface area contributed by atoms with E-state index in [0.717, 1.165) is 0 Å². The van der Waals surface area contributed by atoms with Gasteiger partial charge in [-0.3, -0.25) is 4.79 Å². The van der Waals surface area contributed by atoms with Crippen LogP contribution >= 0.6 is 15.9 Å². The molecule has 1 heterocycles. The normalized spacial score (nSPS) is 10.3. The summed E-state index contributed by atoms with van der Waals surface area (Å²) in [6.07, 6.45) is 1.42. The quantitative estimate of drug-likeness (QED) is 0.849. The fourth-order valence-electron chi connectivity index (χ4n) is 0.775. The van der Waals surface area contributed by atoms with Gasteiger partial charge in [-0.05, 0) is 29.8 Å². The molecule has 0 saturated carbocycles. The van der Waals surface area contributed by atoms with E-state index in [-0.39, 0.29) is 11.9 Å². The SMILES string of the molecule is CC(C)NC(=O)c1coc(Br)c1. The van der Waals surface area contributed by atoms with Crippen LogP contribution in [0.2, 0.25) is 0 Å². The van der Waals surface area contributed by atoms with Gasteiger partial charge in [-0.2, -0.15) is 0 Å². The van der Waals surface area contributed by atoms with Crippen LogP contribution in [0.5, 0.6) is 0 Å². The lowest BCUT2D eigenvalue weighted by atomic mass is 10.3. The van der Waals surface area contributed by atoms with E-state index in [1.54, 1.807) is 6.07 Å². The van der Waals surface area contributed by atoms with Gasteiger partial charge in [0, 0.05) is 12.1 Å². The molecule has 0 aromatic carbocycles. The average molecular weight is 232 g/mol. The van der Waals surface area contributed by atoms with Crippen molar-refractivity contribution in [2.75, 3.05) is 0 Å². The van der Waals surface area contributed by atoms with Crippen molar-refractivity contribution in [3.63, 3.8) is 0 Å². The Balaban J connectivity index is 2.65. The molecule has 0 aliphatic carbocycles. The van der Waals surface area contributed by atoms with E-state index >= 15 is 0 Å². The van der Waals surface area contributed by atoms with Gasteiger partial charge >= 0.3 is 0 Å². The van der Waals surface area contributed by atoms with Crippen molar-refractivity contribution in [1.82, 2.24) is 5.32 Å². The summed E-state index contributed by atoms with van der Waals surface area (Å²) in [4.78, 5) is 11.3. The summed E-state index contributed by atoms with van der Waals surface area (Å²) >= 11 is 3.12. The van der Waals surface area contributed by atoms with Crippen molar-refractivity contribution in [2.24, 2.45) is 0 Å². The van der Waals surface area contributed by atoms with Gasteiger partial charge in [0.05, 0.1) is 5.56 Å². The average Bonchev–Trinajstić information content (AvgIpc) is 2.34. The maximum absolute atomic E-state index is 11.3. The highest BCUT2D eigenvalue weighted by atomic mass is 79.9. The minimum absolute atomic E-state index is 0.112. The molecule has 0 saturated heterocycles.